The molecule has 114 valence electrons. The third-order valence-electron chi connectivity index (χ3n) is 2.87. The maximum absolute atomic E-state index is 13.3. The molecular formula is C15H19FN2O2S. The van der Waals surface area contributed by atoms with E-state index in [2.05, 4.69) is 10.3 Å². The molecule has 0 spiro atoms. The Morgan fingerprint density at radius 2 is 2.24 bits per heavy atom. The third kappa shape index (κ3) is 5.41. The molecule has 1 heterocycles. The van der Waals surface area contributed by atoms with Gasteiger partial charge in [-0.25, -0.2) is 9.37 Å². The third-order valence-corrected chi connectivity index (χ3v) is 3.69. The second-order valence-electron chi connectivity index (χ2n) is 4.71. The zero-order valence-corrected chi connectivity index (χ0v) is 12.7. The molecule has 0 aliphatic rings. The fourth-order valence-corrected chi connectivity index (χ4v) is 2.46. The minimum absolute atomic E-state index is 0.0593. The first kappa shape index (κ1) is 15.9. The van der Waals surface area contributed by atoms with Crippen LogP contribution in [0.25, 0.3) is 0 Å². The van der Waals surface area contributed by atoms with E-state index in [1.807, 2.05) is 12.3 Å². The summed E-state index contributed by atoms with van der Waals surface area (Å²) in [6.45, 7) is 3.17. The number of aryl methyl sites for hydroxylation is 1. The van der Waals surface area contributed by atoms with Crippen molar-refractivity contribution in [2.75, 3.05) is 19.7 Å². The van der Waals surface area contributed by atoms with Crippen LogP contribution in [0.1, 0.15) is 10.7 Å². The number of hydrogen-bond donors (Lipinski definition) is 2. The van der Waals surface area contributed by atoms with E-state index in [1.165, 1.54) is 6.07 Å². The van der Waals surface area contributed by atoms with Crippen molar-refractivity contribution in [3.63, 3.8) is 0 Å². The molecule has 0 saturated heterocycles. The van der Waals surface area contributed by atoms with E-state index in [-0.39, 0.29) is 12.4 Å². The Morgan fingerprint density at radius 1 is 1.43 bits per heavy atom. The summed E-state index contributed by atoms with van der Waals surface area (Å²) in [5.41, 5.74) is 1.06. The van der Waals surface area contributed by atoms with Crippen molar-refractivity contribution in [1.29, 1.82) is 0 Å². The van der Waals surface area contributed by atoms with Crippen LogP contribution in [0.15, 0.2) is 29.6 Å². The van der Waals surface area contributed by atoms with E-state index in [9.17, 15) is 9.50 Å². The lowest BCUT2D eigenvalue weighted by Crippen LogP contribution is -2.32. The molecule has 0 amide bonds. The number of benzene rings is 1. The molecule has 4 nitrogen and oxygen atoms in total. The number of nitrogens with one attached hydrogen (secondary N) is 1. The van der Waals surface area contributed by atoms with Crippen molar-refractivity contribution < 1.29 is 14.2 Å². The highest BCUT2D eigenvalue weighted by Gasteiger charge is 2.07. The molecule has 1 unspecified atom stereocenters. The summed E-state index contributed by atoms with van der Waals surface area (Å²) in [5.74, 6) is -0.258. The first-order chi connectivity index (χ1) is 10.1. The van der Waals surface area contributed by atoms with Crippen LogP contribution in [-0.4, -0.2) is 35.9 Å². The fourth-order valence-electron chi connectivity index (χ4n) is 1.81. The van der Waals surface area contributed by atoms with Gasteiger partial charge in [0.1, 0.15) is 12.7 Å². The normalized spacial score (nSPS) is 12.3. The monoisotopic (exact) mass is 310 g/mol. The number of nitrogens with zero attached hydrogens (tertiary/aromatic N) is 1. The molecule has 1 aromatic carbocycles. The summed E-state index contributed by atoms with van der Waals surface area (Å²) >= 11 is 1.63. The standard InChI is InChI=1S/C15H19FN2O2S/c1-11-18-12(10-21-11)6-7-17-8-13(19)9-20-15-5-3-2-4-14(15)16/h2-5,10,13,17,19H,6-9H2,1H3. The SMILES string of the molecule is Cc1nc(CCNCC(O)COc2ccccc2F)cs1. The van der Waals surface area contributed by atoms with Crippen LogP contribution in [0.2, 0.25) is 0 Å². The van der Waals surface area contributed by atoms with E-state index in [1.54, 1.807) is 29.5 Å². The van der Waals surface area contributed by atoms with E-state index in [4.69, 9.17) is 4.74 Å². The Labute approximate surface area is 127 Å². The number of aliphatic hydroxyl groups is 1. The van der Waals surface area contributed by atoms with Crippen LogP contribution in [0.4, 0.5) is 4.39 Å². The molecule has 0 aliphatic heterocycles. The number of thiazole rings is 1. The highest BCUT2D eigenvalue weighted by Crippen LogP contribution is 2.15. The molecule has 1 aromatic heterocycles. The average molecular weight is 310 g/mol. The Morgan fingerprint density at radius 3 is 2.95 bits per heavy atom. The lowest BCUT2D eigenvalue weighted by molar-refractivity contribution is 0.104. The van der Waals surface area contributed by atoms with Gasteiger partial charge in [-0.1, -0.05) is 12.1 Å². The number of aliphatic hydroxyl groups excluding tert-OH is 1. The molecule has 21 heavy (non-hydrogen) atoms. The van der Waals surface area contributed by atoms with Gasteiger partial charge in [0.2, 0.25) is 0 Å². The molecule has 2 rings (SSSR count). The highest BCUT2D eigenvalue weighted by atomic mass is 32.1. The van der Waals surface area contributed by atoms with Gasteiger partial charge in [-0.2, -0.15) is 0 Å². The lowest BCUT2D eigenvalue weighted by atomic mass is 10.3. The quantitative estimate of drug-likeness (QED) is 0.734. The molecule has 0 fully saturated rings. The van der Waals surface area contributed by atoms with Crippen molar-refractivity contribution in [1.82, 2.24) is 10.3 Å². The Bertz CT molecular complexity index is 562. The van der Waals surface area contributed by atoms with Gasteiger partial charge in [0.25, 0.3) is 0 Å². The molecule has 0 bridgehead atoms. The molecule has 2 N–H and O–H groups in total. The van der Waals surface area contributed by atoms with E-state index < -0.39 is 11.9 Å². The number of halogens is 1. The van der Waals surface area contributed by atoms with Crippen molar-refractivity contribution in [2.45, 2.75) is 19.4 Å². The van der Waals surface area contributed by atoms with Gasteiger partial charge < -0.3 is 15.2 Å². The number of hydrogen-bond acceptors (Lipinski definition) is 5. The van der Waals surface area contributed by atoms with Gasteiger partial charge in [-0.3, -0.25) is 0 Å². The first-order valence-corrected chi connectivity index (χ1v) is 7.70. The summed E-state index contributed by atoms with van der Waals surface area (Å²) in [5, 5.41) is 16.0. The maximum Gasteiger partial charge on any atom is 0.165 e. The van der Waals surface area contributed by atoms with E-state index in [0.717, 1.165) is 23.7 Å². The van der Waals surface area contributed by atoms with Crippen LogP contribution in [0.3, 0.4) is 0 Å². The van der Waals surface area contributed by atoms with Crippen LogP contribution >= 0.6 is 11.3 Å². The molecule has 6 heteroatoms. The molecule has 2 aromatic rings. The van der Waals surface area contributed by atoms with Gasteiger partial charge in [-0.15, -0.1) is 11.3 Å². The smallest absolute Gasteiger partial charge is 0.165 e. The van der Waals surface area contributed by atoms with Gasteiger partial charge >= 0.3 is 0 Å². The maximum atomic E-state index is 13.3. The molecule has 1 atom stereocenters. The number of ether oxygens (including phenoxy) is 1. The molecular weight excluding hydrogens is 291 g/mol. The Balaban J connectivity index is 1.61. The summed E-state index contributed by atoms with van der Waals surface area (Å²) in [4.78, 5) is 4.36. The van der Waals surface area contributed by atoms with E-state index in [0.29, 0.717) is 6.54 Å². The van der Waals surface area contributed by atoms with E-state index >= 15 is 0 Å². The van der Waals surface area contributed by atoms with Crippen molar-refractivity contribution in [3.8, 4) is 5.75 Å². The van der Waals surface area contributed by atoms with Crippen LogP contribution in [-0.2, 0) is 6.42 Å². The Kier molecular flexibility index (Phi) is 6.10. The first-order valence-electron chi connectivity index (χ1n) is 6.82. The summed E-state index contributed by atoms with van der Waals surface area (Å²) in [7, 11) is 0. The van der Waals surface area contributed by atoms with Crippen LogP contribution < -0.4 is 10.1 Å². The van der Waals surface area contributed by atoms with Crippen LogP contribution in [0, 0.1) is 12.7 Å². The fraction of sp³-hybridized carbons (Fsp3) is 0.400. The summed E-state index contributed by atoms with van der Waals surface area (Å²) in [6, 6.07) is 6.16. The summed E-state index contributed by atoms with van der Waals surface area (Å²) < 4.78 is 18.5. The number of aromatic nitrogens is 1. The predicted molar refractivity (Wildman–Crippen MR) is 81.3 cm³/mol. The van der Waals surface area contributed by atoms with Crippen molar-refractivity contribution >= 4 is 11.3 Å². The number of rotatable bonds is 8. The molecule has 0 aliphatic carbocycles. The lowest BCUT2D eigenvalue weighted by Gasteiger charge is -2.13. The average Bonchev–Trinajstić information content (AvgIpc) is 2.88. The second kappa shape index (κ2) is 8.07. The minimum Gasteiger partial charge on any atom is -0.488 e. The molecule has 0 saturated carbocycles. The summed E-state index contributed by atoms with van der Waals surface area (Å²) in [6.07, 6.45) is 0.146. The second-order valence-corrected chi connectivity index (χ2v) is 5.77. The van der Waals surface area contributed by atoms with Crippen LogP contribution in [0.5, 0.6) is 5.75 Å². The van der Waals surface area contributed by atoms with Gasteiger partial charge in [0.05, 0.1) is 10.7 Å². The number of para-hydroxylation sites is 1. The minimum atomic E-state index is -0.679. The zero-order chi connectivity index (χ0) is 15.1. The van der Waals surface area contributed by atoms with Crippen molar-refractivity contribution in [2.24, 2.45) is 0 Å². The predicted octanol–water partition coefficient (Wildman–Crippen LogP) is 2.16. The Hall–Kier alpha value is -1.50. The van der Waals surface area contributed by atoms with Gasteiger partial charge in [0.15, 0.2) is 11.6 Å². The van der Waals surface area contributed by atoms with Gasteiger partial charge in [-0.05, 0) is 19.1 Å². The van der Waals surface area contributed by atoms with Gasteiger partial charge in [0, 0.05) is 24.9 Å². The molecule has 0 radical (unpaired) electrons. The zero-order valence-electron chi connectivity index (χ0n) is 11.9. The largest absolute Gasteiger partial charge is 0.488 e. The highest BCUT2D eigenvalue weighted by molar-refractivity contribution is 7.09. The topological polar surface area (TPSA) is 54.4 Å². The van der Waals surface area contributed by atoms with Crippen molar-refractivity contribution in [3.05, 3.63) is 46.2 Å².